The van der Waals surface area contributed by atoms with Crippen LogP contribution in [0.2, 0.25) is 0 Å². The fraction of sp³-hybridized carbons (Fsp3) is 0.364. The Morgan fingerprint density at radius 1 is 1.04 bits per heavy atom. The number of carbonyl (C=O) groups excluding carboxylic acids is 2. The van der Waals surface area contributed by atoms with Crippen molar-refractivity contribution in [3.8, 4) is 0 Å². The molecule has 1 aliphatic heterocycles. The quantitative estimate of drug-likeness (QED) is 0.807. The third-order valence-corrected chi connectivity index (χ3v) is 5.38. The van der Waals surface area contributed by atoms with E-state index in [1.807, 2.05) is 38.1 Å². The molecule has 3 amide bonds. The topological polar surface area (TPSA) is 61.4 Å². The van der Waals surface area contributed by atoms with E-state index in [1.165, 1.54) is 6.07 Å². The van der Waals surface area contributed by atoms with E-state index >= 15 is 0 Å². The molecule has 2 aromatic carbocycles. The first-order valence-electron chi connectivity index (χ1n) is 9.62. The van der Waals surface area contributed by atoms with Crippen molar-refractivity contribution >= 4 is 23.3 Å². The van der Waals surface area contributed by atoms with Crippen molar-refractivity contribution in [1.29, 1.82) is 0 Å². The lowest BCUT2D eigenvalue weighted by molar-refractivity contribution is -0.121. The first kappa shape index (κ1) is 19.9. The summed E-state index contributed by atoms with van der Waals surface area (Å²) in [5, 5.41) is 5.58. The van der Waals surface area contributed by atoms with Gasteiger partial charge in [-0.15, -0.1) is 0 Å². The van der Waals surface area contributed by atoms with Gasteiger partial charge in [0.25, 0.3) is 0 Å². The zero-order valence-corrected chi connectivity index (χ0v) is 16.2. The van der Waals surface area contributed by atoms with Crippen LogP contribution in [-0.4, -0.2) is 29.9 Å². The molecule has 0 aromatic heterocycles. The van der Waals surface area contributed by atoms with Crippen LogP contribution in [0.1, 0.15) is 25.3 Å². The van der Waals surface area contributed by atoms with Crippen molar-refractivity contribution in [3.63, 3.8) is 0 Å². The zero-order chi connectivity index (χ0) is 20.1. The maximum Gasteiger partial charge on any atom is 0.321 e. The lowest BCUT2D eigenvalue weighted by Crippen LogP contribution is -2.43. The number of aryl methyl sites for hydroxylation is 1. The summed E-state index contributed by atoms with van der Waals surface area (Å²) in [6.07, 6.45) is 1.49. The number of hydrogen-bond donors (Lipinski definition) is 2. The molecular weight excluding hydrogens is 357 g/mol. The second-order valence-corrected chi connectivity index (χ2v) is 7.38. The Hall–Kier alpha value is -2.89. The number of halogens is 1. The Kier molecular flexibility index (Phi) is 6.29. The van der Waals surface area contributed by atoms with Crippen molar-refractivity contribution in [1.82, 2.24) is 4.90 Å². The number of carbonyl (C=O) groups is 2. The standard InChI is InChI=1S/C22H26FN3O2/c1-15-7-9-18(10-8-15)24-22(28)26-13-11-17(12-14-26)16(2)21(27)25-20-6-4-3-5-19(20)23/h3-10,16-17H,11-14H2,1-2H3,(H,24,28)(H,25,27). The molecule has 2 aromatic rings. The fourth-order valence-corrected chi connectivity index (χ4v) is 3.47. The number of rotatable bonds is 4. The van der Waals surface area contributed by atoms with Crippen LogP contribution in [0.15, 0.2) is 48.5 Å². The van der Waals surface area contributed by atoms with Gasteiger partial charge in [0.1, 0.15) is 5.82 Å². The lowest BCUT2D eigenvalue weighted by atomic mass is 9.85. The molecule has 6 heteroatoms. The van der Waals surface area contributed by atoms with E-state index in [4.69, 9.17) is 0 Å². The van der Waals surface area contributed by atoms with Crippen molar-refractivity contribution in [2.75, 3.05) is 23.7 Å². The van der Waals surface area contributed by atoms with Gasteiger partial charge < -0.3 is 15.5 Å². The minimum atomic E-state index is -0.439. The molecule has 148 valence electrons. The van der Waals surface area contributed by atoms with Gasteiger partial charge in [0, 0.05) is 24.7 Å². The van der Waals surface area contributed by atoms with Gasteiger partial charge in [-0.2, -0.15) is 0 Å². The van der Waals surface area contributed by atoms with Crippen LogP contribution in [0.4, 0.5) is 20.6 Å². The molecule has 28 heavy (non-hydrogen) atoms. The molecule has 1 saturated heterocycles. The number of likely N-dealkylation sites (tertiary alicyclic amines) is 1. The molecule has 5 nitrogen and oxygen atoms in total. The highest BCUT2D eigenvalue weighted by atomic mass is 19.1. The average molecular weight is 383 g/mol. The lowest BCUT2D eigenvalue weighted by Gasteiger charge is -2.34. The Labute approximate surface area is 164 Å². The number of urea groups is 1. The molecule has 2 N–H and O–H groups in total. The minimum absolute atomic E-state index is 0.120. The van der Waals surface area contributed by atoms with Gasteiger partial charge >= 0.3 is 6.03 Å². The van der Waals surface area contributed by atoms with Crippen LogP contribution >= 0.6 is 0 Å². The number of amides is 3. The van der Waals surface area contributed by atoms with Gasteiger partial charge in [0.05, 0.1) is 5.69 Å². The predicted molar refractivity (Wildman–Crippen MR) is 109 cm³/mol. The molecule has 0 aliphatic carbocycles. The summed E-state index contributed by atoms with van der Waals surface area (Å²) < 4.78 is 13.7. The predicted octanol–water partition coefficient (Wildman–Crippen LogP) is 4.65. The number of piperidine rings is 1. The van der Waals surface area contributed by atoms with Crippen LogP contribution in [-0.2, 0) is 4.79 Å². The first-order valence-corrected chi connectivity index (χ1v) is 9.62. The first-order chi connectivity index (χ1) is 13.4. The minimum Gasteiger partial charge on any atom is -0.325 e. The van der Waals surface area contributed by atoms with Gasteiger partial charge in [-0.05, 0) is 49.9 Å². The molecule has 0 bridgehead atoms. The molecular formula is C22H26FN3O2. The largest absolute Gasteiger partial charge is 0.325 e. The van der Waals surface area contributed by atoms with Crippen molar-refractivity contribution < 1.29 is 14.0 Å². The summed E-state index contributed by atoms with van der Waals surface area (Å²) >= 11 is 0. The monoisotopic (exact) mass is 383 g/mol. The Balaban J connectivity index is 1.50. The summed E-state index contributed by atoms with van der Waals surface area (Å²) in [5.41, 5.74) is 2.12. The van der Waals surface area contributed by atoms with E-state index < -0.39 is 5.82 Å². The van der Waals surface area contributed by atoms with E-state index in [0.29, 0.717) is 13.1 Å². The highest BCUT2D eigenvalue weighted by Crippen LogP contribution is 2.27. The Bertz CT molecular complexity index is 830. The second-order valence-electron chi connectivity index (χ2n) is 7.38. The summed E-state index contributed by atoms with van der Waals surface area (Å²) in [7, 11) is 0. The van der Waals surface area contributed by atoms with Crippen LogP contribution in [0, 0.1) is 24.6 Å². The van der Waals surface area contributed by atoms with Crippen molar-refractivity contribution in [3.05, 3.63) is 59.9 Å². The maximum absolute atomic E-state index is 13.7. The van der Waals surface area contributed by atoms with Crippen LogP contribution in [0.5, 0.6) is 0 Å². The SMILES string of the molecule is Cc1ccc(NC(=O)N2CCC(C(C)C(=O)Nc3ccccc3F)CC2)cc1. The average Bonchev–Trinajstić information content (AvgIpc) is 2.71. The summed E-state index contributed by atoms with van der Waals surface area (Å²) in [4.78, 5) is 26.7. The number of hydrogen-bond acceptors (Lipinski definition) is 2. The van der Waals surface area contributed by atoms with Gasteiger partial charge in [-0.1, -0.05) is 36.8 Å². The number of para-hydroxylation sites is 1. The van der Waals surface area contributed by atoms with E-state index in [9.17, 15) is 14.0 Å². The van der Waals surface area contributed by atoms with E-state index in [-0.39, 0.29) is 29.5 Å². The number of benzene rings is 2. The molecule has 3 rings (SSSR count). The third-order valence-electron chi connectivity index (χ3n) is 5.38. The highest BCUT2D eigenvalue weighted by Gasteiger charge is 2.30. The van der Waals surface area contributed by atoms with E-state index in [1.54, 1.807) is 23.1 Å². The fourth-order valence-electron chi connectivity index (χ4n) is 3.47. The van der Waals surface area contributed by atoms with Gasteiger partial charge in [-0.3, -0.25) is 4.79 Å². The highest BCUT2D eigenvalue weighted by molar-refractivity contribution is 5.92. The van der Waals surface area contributed by atoms with Gasteiger partial charge in [0.15, 0.2) is 0 Å². The molecule has 0 saturated carbocycles. The van der Waals surface area contributed by atoms with Crippen molar-refractivity contribution in [2.24, 2.45) is 11.8 Å². The molecule has 0 radical (unpaired) electrons. The summed E-state index contributed by atoms with van der Waals surface area (Å²) in [6, 6.07) is 13.7. The molecule has 1 heterocycles. The molecule has 1 fully saturated rings. The molecule has 0 spiro atoms. The second kappa shape index (κ2) is 8.87. The normalized spacial score (nSPS) is 15.8. The van der Waals surface area contributed by atoms with Gasteiger partial charge in [0.2, 0.25) is 5.91 Å². The Morgan fingerprint density at radius 2 is 1.68 bits per heavy atom. The van der Waals surface area contributed by atoms with Crippen LogP contribution < -0.4 is 10.6 Å². The maximum atomic E-state index is 13.7. The number of nitrogens with zero attached hydrogens (tertiary/aromatic N) is 1. The number of anilines is 2. The van der Waals surface area contributed by atoms with Crippen LogP contribution in [0.25, 0.3) is 0 Å². The van der Waals surface area contributed by atoms with Crippen LogP contribution in [0.3, 0.4) is 0 Å². The Morgan fingerprint density at radius 3 is 2.32 bits per heavy atom. The molecule has 1 atom stereocenters. The van der Waals surface area contributed by atoms with Gasteiger partial charge in [-0.25, -0.2) is 9.18 Å². The molecule has 1 aliphatic rings. The van der Waals surface area contributed by atoms with E-state index in [0.717, 1.165) is 24.1 Å². The zero-order valence-electron chi connectivity index (χ0n) is 16.2. The van der Waals surface area contributed by atoms with Crippen molar-refractivity contribution in [2.45, 2.75) is 26.7 Å². The number of nitrogens with one attached hydrogen (secondary N) is 2. The van der Waals surface area contributed by atoms with E-state index in [2.05, 4.69) is 10.6 Å². The molecule has 1 unspecified atom stereocenters. The third kappa shape index (κ3) is 4.88. The summed E-state index contributed by atoms with van der Waals surface area (Å²) in [5.74, 6) is -0.713. The summed E-state index contributed by atoms with van der Waals surface area (Å²) in [6.45, 7) is 5.06. The smallest absolute Gasteiger partial charge is 0.321 e.